The van der Waals surface area contributed by atoms with Crippen molar-refractivity contribution in [3.05, 3.63) is 75.5 Å². The maximum absolute atomic E-state index is 15.3. The van der Waals surface area contributed by atoms with Crippen LogP contribution in [0.4, 0.5) is 20.6 Å². The molecule has 1 aromatic heterocycles. The molecule has 2 amide bonds. The molecule has 0 radical (unpaired) electrons. The van der Waals surface area contributed by atoms with Crippen LogP contribution in [0, 0.1) is 26.6 Å². The second-order valence-electron chi connectivity index (χ2n) is 7.98. The average Bonchev–Trinajstić information content (AvgIpc) is 2.77. The number of carbonyl (C=O) groups is 2. The second-order valence-corrected chi connectivity index (χ2v) is 7.98. The van der Waals surface area contributed by atoms with E-state index in [1.807, 2.05) is 31.2 Å². The van der Waals surface area contributed by atoms with Gasteiger partial charge in [0.1, 0.15) is 11.6 Å². The highest BCUT2D eigenvalue weighted by molar-refractivity contribution is 6.02. The van der Waals surface area contributed by atoms with Crippen LogP contribution in [0.3, 0.4) is 0 Å². The third-order valence-corrected chi connectivity index (χ3v) is 5.71. The smallest absolute Gasteiger partial charge is 0.326 e. The molecule has 0 unspecified atom stereocenters. The number of hydrogen-bond acceptors (Lipinski definition) is 4. The van der Waals surface area contributed by atoms with Crippen LogP contribution in [0.15, 0.2) is 47.3 Å². The Morgan fingerprint density at radius 3 is 2.38 bits per heavy atom. The number of rotatable bonds is 6. The Balaban J connectivity index is 2.28. The molecule has 9 heteroatoms. The highest BCUT2D eigenvalue weighted by atomic mass is 19.1. The number of nitrogens with one attached hydrogen (secondary N) is 1. The minimum absolute atomic E-state index is 0.218. The highest BCUT2D eigenvalue weighted by Gasteiger charge is 2.30. The molecule has 0 aliphatic carbocycles. The summed E-state index contributed by atoms with van der Waals surface area (Å²) in [6.07, 6.45) is -0.373. The van der Waals surface area contributed by atoms with E-state index in [0.29, 0.717) is 16.8 Å². The largest absolute Gasteiger partial charge is 0.505 e. The maximum atomic E-state index is 15.3. The van der Waals surface area contributed by atoms with E-state index < -0.39 is 34.8 Å². The molecule has 0 atom stereocenters. The van der Waals surface area contributed by atoms with Crippen LogP contribution in [-0.4, -0.2) is 33.3 Å². The molecule has 34 heavy (non-hydrogen) atoms. The fourth-order valence-electron chi connectivity index (χ4n) is 3.78. The number of carboxylic acids is 1. The molecule has 178 valence electrons. The summed E-state index contributed by atoms with van der Waals surface area (Å²) in [5.41, 5.74) is 1.80. The zero-order chi connectivity index (χ0) is 25.2. The van der Waals surface area contributed by atoms with Gasteiger partial charge in [-0.2, -0.15) is 0 Å². The lowest BCUT2D eigenvalue weighted by Crippen LogP contribution is -2.42. The van der Waals surface area contributed by atoms with Gasteiger partial charge in [0.05, 0.1) is 12.1 Å². The van der Waals surface area contributed by atoms with Gasteiger partial charge < -0.3 is 20.1 Å². The quantitative estimate of drug-likeness (QED) is 0.504. The number of benzene rings is 2. The van der Waals surface area contributed by atoms with Crippen molar-refractivity contribution in [2.75, 3.05) is 11.4 Å². The van der Waals surface area contributed by atoms with Crippen LogP contribution in [-0.2, 0) is 11.8 Å². The van der Waals surface area contributed by atoms with E-state index in [-0.39, 0.29) is 18.7 Å². The van der Waals surface area contributed by atoms with Crippen LogP contribution in [0.2, 0.25) is 0 Å². The number of aliphatic carboxylic acids is 1. The topological polar surface area (TPSA) is 112 Å². The van der Waals surface area contributed by atoms with Crippen molar-refractivity contribution in [3.8, 4) is 16.9 Å². The molecule has 8 nitrogen and oxygen atoms in total. The van der Waals surface area contributed by atoms with Crippen molar-refractivity contribution in [3.63, 3.8) is 0 Å². The van der Waals surface area contributed by atoms with Crippen molar-refractivity contribution in [2.45, 2.75) is 27.2 Å². The zero-order valence-corrected chi connectivity index (χ0v) is 19.3. The number of hydrogen-bond donors (Lipinski definition) is 3. The number of aryl methyl sites for hydroxylation is 2. The van der Waals surface area contributed by atoms with Crippen LogP contribution in [0.5, 0.6) is 5.75 Å². The van der Waals surface area contributed by atoms with E-state index in [1.165, 1.54) is 23.7 Å². The Kier molecular flexibility index (Phi) is 7.05. The molecular weight excluding hydrogens is 441 g/mol. The Labute approximate surface area is 195 Å². The summed E-state index contributed by atoms with van der Waals surface area (Å²) in [4.78, 5) is 38.0. The second kappa shape index (κ2) is 9.78. The van der Waals surface area contributed by atoms with Crippen LogP contribution in [0.1, 0.15) is 23.2 Å². The van der Waals surface area contributed by atoms with Gasteiger partial charge in [0.25, 0.3) is 5.56 Å². The van der Waals surface area contributed by atoms with Crippen LogP contribution < -0.4 is 15.8 Å². The number of anilines is 2. The molecule has 1 heterocycles. The maximum Gasteiger partial charge on any atom is 0.326 e. The average molecular weight is 467 g/mol. The lowest BCUT2D eigenvalue weighted by Gasteiger charge is -2.27. The summed E-state index contributed by atoms with van der Waals surface area (Å²) in [5, 5.41) is 22.0. The summed E-state index contributed by atoms with van der Waals surface area (Å²) < 4.78 is 16.6. The number of pyridine rings is 1. The number of aromatic nitrogens is 1. The molecule has 0 spiro atoms. The number of carboxylic acid groups (broad SMARTS) is 1. The predicted octanol–water partition coefficient (Wildman–Crippen LogP) is 4.14. The summed E-state index contributed by atoms with van der Waals surface area (Å²) in [6, 6.07) is 10.6. The molecule has 3 rings (SSSR count). The summed E-state index contributed by atoms with van der Waals surface area (Å²) in [6.45, 7) is 4.87. The molecule has 0 fully saturated rings. The lowest BCUT2D eigenvalue weighted by molar-refractivity contribution is -0.136. The zero-order valence-electron chi connectivity index (χ0n) is 19.3. The van der Waals surface area contributed by atoms with E-state index in [9.17, 15) is 19.5 Å². The minimum Gasteiger partial charge on any atom is -0.505 e. The fraction of sp³-hybridized carbons (Fsp3) is 0.240. The van der Waals surface area contributed by atoms with Crippen molar-refractivity contribution >= 4 is 23.4 Å². The minimum atomic E-state index is -1.13. The fourth-order valence-corrected chi connectivity index (χ4v) is 3.78. The summed E-state index contributed by atoms with van der Waals surface area (Å²) in [7, 11) is 1.47. The molecule has 0 saturated carbocycles. The Bertz CT molecular complexity index is 1330. The van der Waals surface area contributed by atoms with Gasteiger partial charge >= 0.3 is 12.0 Å². The monoisotopic (exact) mass is 467 g/mol. The molecular formula is C25H26FN3O5. The van der Waals surface area contributed by atoms with Crippen molar-refractivity contribution in [1.29, 1.82) is 0 Å². The van der Waals surface area contributed by atoms with E-state index in [1.54, 1.807) is 19.9 Å². The van der Waals surface area contributed by atoms with E-state index >= 15 is 4.39 Å². The molecule has 3 N–H and O–H groups in total. The number of urea groups is 1. The number of amides is 2. The molecule has 0 aliphatic rings. The summed E-state index contributed by atoms with van der Waals surface area (Å²) >= 11 is 0. The van der Waals surface area contributed by atoms with Gasteiger partial charge in [0.2, 0.25) is 0 Å². The van der Waals surface area contributed by atoms with Crippen molar-refractivity contribution < 1.29 is 24.2 Å². The van der Waals surface area contributed by atoms with Crippen molar-refractivity contribution in [2.24, 2.45) is 7.05 Å². The molecule has 0 aliphatic heterocycles. The summed E-state index contributed by atoms with van der Waals surface area (Å²) in [5.74, 6) is -2.43. The predicted molar refractivity (Wildman–Crippen MR) is 127 cm³/mol. The third kappa shape index (κ3) is 4.63. The SMILES string of the molecule is Cc1ccccc1-c1ccc(F)c(N(C(=O)NCCC(=O)O)c2c(O)cc(C)n(C)c2=O)c1C. The van der Waals surface area contributed by atoms with E-state index in [0.717, 1.165) is 16.0 Å². The number of halogens is 1. The van der Waals surface area contributed by atoms with Gasteiger partial charge in [-0.3, -0.25) is 14.5 Å². The van der Waals surface area contributed by atoms with E-state index in [4.69, 9.17) is 5.11 Å². The Morgan fingerprint density at radius 1 is 1.06 bits per heavy atom. The first kappa shape index (κ1) is 24.5. The van der Waals surface area contributed by atoms with Gasteiger partial charge in [0, 0.05) is 25.4 Å². The third-order valence-electron chi connectivity index (χ3n) is 5.71. The molecule has 0 saturated heterocycles. The molecule has 0 bridgehead atoms. The Hall–Kier alpha value is -4.14. The Morgan fingerprint density at radius 2 is 1.74 bits per heavy atom. The first-order valence-corrected chi connectivity index (χ1v) is 10.6. The molecule has 2 aromatic carbocycles. The highest BCUT2D eigenvalue weighted by Crippen LogP contribution is 2.39. The van der Waals surface area contributed by atoms with Gasteiger partial charge in [0.15, 0.2) is 5.69 Å². The number of nitrogens with zero attached hydrogens (tertiary/aromatic N) is 2. The molecule has 3 aromatic rings. The standard InChI is InChI=1S/C25H26FN3O5/c1-14-7-5-6-8-17(14)18-9-10-19(26)22(16(18)3)29(25(34)27-12-11-21(31)32)23-20(30)13-15(2)28(4)24(23)33/h5-10,13,30H,11-12H2,1-4H3,(H,27,34)(H,31,32). The van der Waals surface area contributed by atoms with Crippen LogP contribution in [0.25, 0.3) is 11.1 Å². The van der Waals surface area contributed by atoms with Crippen LogP contribution >= 0.6 is 0 Å². The first-order chi connectivity index (χ1) is 16.0. The van der Waals surface area contributed by atoms with Gasteiger partial charge in [-0.05, 0) is 49.1 Å². The number of carbonyl (C=O) groups excluding carboxylic acids is 1. The number of aromatic hydroxyl groups is 1. The van der Waals surface area contributed by atoms with E-state index in [2.05, 4.69) is 5.32 Å². The van der Waals surface area contributed by atoms with Gasteiger partial charge in [-0.25, -0.2) is 9.18 Å². The first-order valence-electron chi connectivity index (χ1n) is 10.6. The normalized spacial score (nSPS) is 10.7. The van der Waals surface area contributed by atoms with Gasteiger partial charge in [-0.15, -0.1) is 0 Å². The van der Waals surface area contributed by atoms with Gasteiger partial charge in [-0.1, -0.05) is 30.3 Å². The lowest BCUT2D eigenvalue weighted by atomic mass is 9.95. The van der Waals surface area contributed by atoms with Crippen molar-refractivity contribution in [1.82, 2.24) is 9.88 Å².